The molecule has 3 atom stereocenters. The molecular weight excluding hydrogens is 122 g/mol. The second-order valence-electron chi connectivity index (χ2n) is 1.86. The SMILES string of the molecule is [CH2]C(O)C(O)C(O)CN. The first-order chi connectivity index (χ1) is 4.09. The molecule has 0 aromatic rings. The molecule has 0 saturated heterocycles. The van der Waals surface area contributed by atoms with Crippen LogP contribution in [0.3, 0.4) is 0 Å². The summed E-state index contributed by atoms with van der Waals surface area (Å²) in [7, 11) is 0. The Bertz CT molecular complexity index is 76.6. The van der Waals surface area contributed by atoms with Crippen LogP contribution in [0.5, 0.6) is 0 Å². The largest absolute Gasteiger partial charge is 0.390 e. The normalized spacial score (nSPS) is 21.0. The Labute approximate surface area is 53.9 Å². The molecule has 4 nitrogen and oxygen atoms in total. The van der Waals surface area contributed by atoms with Crippen molar-refractivity contribution in [3.8, 4) is 0 Å². The highest BCUT2D eigenvalue weighted by molar-refractivity contribution is 4.76. The van der Waals surface area contributed by atoms with E-state index in [-0.39, 0.29) is 6.54 Å². The van der Waals surface area contributed by atoms with Gasteiger partial charge in [0, 0.05) is 6.54 Å². The lowest BCUT2D eigenvalue weighted by atomic mass is 10.1. The Morgan fingerprint density at radius 1 is 1.33 bits per heavy atom. The van der Waals surface area contributed by atoms with Crippen LogP contribution in [0.2, 0.25) is 0 Å². The quantitative estimate of drug-likeness (QED) is 0.355. The summed E-state index contributed by atoms with van der Waals surface area (Å²) in [4.78, 5) is 0. The van der Waals surface area contributed by atoms with Gasteiger partial charge in [0.15, 0.2) is 0 Å². The predicted octanol–water partition coefficient (Wildman–Crippen LogP) is -2.14. The van der Waals surface area contributed by atoms with E-state index in [9.17, 15) is 0 Å². The summed E-state index contributed by atoms with van der Waals surface area (Å²) < 4.78 is 0. The van der Waals surface area contributed by atoms with E-state index in [0.717, 1.165) is 0 Å². The van der Waals surface area contributed by atoms with Crippen LogP contribution in [0, 0.1) is 6.92 Å². The molecule has 0 aliphatic carbocycles. The van der Waals surface area contributed by atoms with Crippen LogP contribution >= 0.6 is 0 Å². The summed E-state index contributed by atoms with van der Waals surface area (Å²) in [5.41, 5.74) is 4.96. The Morgan fingerprint density at radius 3 is 1.89 bits per heavy atom. The Balaban J connectivity index is 3.58. The minimum absolute atomic E-state index is 0.0756. The van der Waals surface area contributed by atoms with Gasteiger partial charge in [0.2, 0.25) is 0 Å². The lowest BCUT2D eigenvalue weighted by Crippen LogP contribution is -2.40. The number of rotatable bonds is 3. The van der Waals surface area contributed by atoms with Crippen LogP contribution in [-0.4, -0.2) is 40.2 Å². The fourth-order valence-corrected chi connectivity index (χ4v) is 0.396. The van der Waals surface area contributed by atoms with Crippen LogP contribution in [-0.2, 0) is 0 Å². The van der Waals surface area contributed by atoms with Gasteiger partial charge in [0.05, 0.1) is 12.2 Å². The molecule has 0 amide bonds. The highest BCUT2D eigenvalue weighted by atomic mass is 16.4. The smallest absolute Gasteiger partial charge is 0.107 e. The molecular formula is C5H12NO3. The van der Waals surface area contributed by atoms with Crippen LogP contribution in [0.15, 0.2) is 0 Å². The zero-order valence-electron chi connectivity index (χ0n) is 5.07. The van der Waals surface area contributed by atoms with Crippen molar-refractivity contribution in [3.63, 3.8) is 0 Å². The predicted molar refractivity (Wildman–Crippen MR) is 32.4 cm³/mol. The monoisotopic (exact) mass is 134 g/mol. The summed E-state index contributed by atoms with van der Waals surface area (Å²) in [5.74, 6) is 0. The molecule has 0 spiro atoms. The number of aliphatic hydroxyl groups excluding tert-OH is 3. The lowest BCUT2D eigenvalue weighted by Gasteiger charge is -2.17. The molecule has 0 aromatic heterocycles. The maximum atomic E-state index is 8.75. The van der Waals surface area contributed by atoms with Gasteiger partial charge in [-0.15, -0.1) is 0 Å². The molecule has 9 heavy (non-hydrogen) atoms. The van der Waals surface area contributed by atoms with Gasteiger partial charge in [-0.3, -0.25) is 0 Å². The van der Waals surface area contributed by atoms with Crippen LogP contribution in [0.1, 0.15) is 0 Å². The van der Waals surface area contributed by atoms with E-state index in [4.69, 9.17) is 21.1 Å². The highest BCUT2D eigenvalue weighted by Gasteiger charge is 2.18. The van der Waals surface area contributed by atoms with Gasteiger partial charge in [-0.1, -0.05) is 0 Å². The van der Waals surface area contributed by atoms with E-state index < -0.39 is 18.3 Å². The van der Waals surface area contributed by atoms with Crippen LogP contribution in [0.4, 0.5) is 0 Å². The molecule has 5 N–H and O–H groups in total. The zero-order chi connectivity index (χ0) is 7.44. The summed E-state index contributed by atoms with van der Waals surface area (Å²) >= 11 is 0. The summed E-state index contributed by atoms with van der Waals surface area (Å²) in [5, 5.41) is 26.0. The fourth-order valence-electron chi connectivity index (χ4n) is 0.396. The molecule has 0 bridgehead atoms. The third kappa shape index (κ3) is 2.76. The van der Waals surface area contributed by atoms with Gasteiger partial charge in [0.1, 0.15) is 6.10 Å². The highest BCUT2D eigenvalue weighted by Crippen LogP contribution is 1.96. The second-order valence-corrected chi connectivity index (χ2v) is 1.86. The standard InChI is InChI=1S/C5H12NO3/c1-3(7)5(9)4(8)2-6/h3-5,7-9H,1-2,6H2. The van der Waals surface area contributed by atoms with Crippen LogP contribution < -0.4 is 5.73 Å². The van der Waals surface area contributed by atoms with Gasteiger partial charge in [-0.25, -0.2) is 0 Å². The van der Waals surface area contributed by atoms with E-state index in [1.165, 1.54) is 0 Å². The molecule has 0 heterocycles. The van der Waals surface area contributed by atoms with Crippen molar-refractivity contribution in [2.45, 2.75) is 18.3 Å². The maximum Gasteiger partial charge on any atom is 0.107 e. The minimum atomic E-state index is -1.24. The second kappa shape index (κ2) is 3.79. The number of aliphatic hydroxyl groups is 3. The number of hydrogen-bond donors (Lipinski definition) is 4. The maximum absolute atomic E-state index is 8.75. The van der Waals surface area contributed by atoms with Crippen LogP contribution in [0.25, 0.3) is 0 Å². The van der Waals surface area contributed by atoms with E-state index in [1.807, 2.05) is 0 Å². The molecule has 0 aromatic carbocycles. The van der Waals surface area contributed by atoms with Crippen molar-refractivity contribution in [1.29, 1.82) is 0 Å². The molecule has 1 radical (unpaired) electrons. The molecule has 3 unspecified atom stereocenters. The number of hydrogen-bond acceptors (Lipinski definition) is 4. The van der Waals surface area contributed by atoms with Gasteiger partial charge in [0.25, 0.3) is 0 Å². The van der Waals surface area contributed by atoms with Crippen molar-refractivity contribution < 1.29 is 15.3 Å². The van der Waals surface area contributed by atoms with E-state index in [2.05, 4.69) is 6.92 Å². The fraction of sp³-hybridized carbons (Fsp3) is 0.800. The first kappa shape index (κ1) is 8.84. The van der Waals surface area contributed by atoms with Gasteiger partial charge >= 0.3 is 0 Å². The van der Waals surface area contributed by atoms with E-state index >= 15 is 0 Å². The van der Waals surface area contributed by atoms with Crippen molar-refractivity contribution in [1.82, 2.24) is 0 Å². The minimum Gasteiger partial charge on any atom is -0.390 e. The summed E-state index contributed by atoms with van der Waals surface area (Å²) in [6.07, 6.45) is -3.50. The molecule has 0 fully saturated rings. The van der Waals surface area contributed by atoms with Gasteiger partial charge in [-0.2, -0.15) is 0 Å². The third-order valence-electron chi connectivity index (χ3n) is 1.03. The van der Waals surface area contributed by atoms with Crippen molar-refractivity contribution >= 4 is 0 Å². The molecule has 55 valence electrons. The average molecular weight is 134 g/mol. The number of nitrogens with two attached hydrogens (primary N) is 1. The van der Waals surface area contributed by atoms with Crippen molar-refractivity contribution in [2.75, 3.05) is 6.54 Å². The summed E-state index contributed by atoms with van der Waals surface area (Å²) in [6, 6.07) is 0. The van der Waals surface area contributed by atoms with Crippen molar-refractivity contribution in [3.05, 3.63) is 6.92 Å². The summed E-state index contributed by atoms with van der Waals surface area (Å²) in [6.45, 7) is 3.02. The molecule has 0 aliphatic heterocycles. The van der Waals surface area contributed by atoms with Crippen molar-refractivity contribution in [2.24, 2.45) is 5.73 Å². The zero-order valence-corrected chi connectivity index (χ0v) is 5.07. The first-order valence-electron chi connectivity index (χ1n) is 2.67. The third-order valence-corrected chi connectivity index (χ3v) is 1.03. The Morgan fingerprint density at radius 2 is 1.78 bits per heavy atom. The topological polar surface area (TPSA) is 86.7 Å². The Kier molecular flexibility index (Phi) is 3.72. The van der Waals surface area contributed by atoms with Gasteiger partial charge in [-0.05, 0) is 6.92 Å². The molecule has 4 heteroatoms. The van der Waals surface area contributed by atoms with Gasteiger partial charge < -0.3 is 21.1 Å². The molecule has 0 aliphatic rings. The van der Waals surface area contributed by atoms with E-state index in [1.54, 1.807) is 0 Å². The first-order valence-corrected chi connectivity index (χ1v) is 2.67. The average Bonchev–Trinajstić information content (AvgIpc) is 1.84. The lowest BCUT2D eigenvalue weighted by molar-refractivity contribution is -0.0377. The van der Waals surface area contributed by atoms with E-state index in [0.29, 0.717) is 0 Å². The Hall–Kier alpha value is -0.160. The molecule has 0 rings (SSSR count). The molecule has 0 saturated carbocycles.